The van der Waals surface area contributed by atoms with Gasteiger partial charge in [-0.25, -0.2) is 9.97 Å². The maximum Gasteiger partial charge on any atom is 0.160 e. The van der Waals surface area contributed by atoms with Crippen LogP contribution in [0.5, 0.6) is 0 Å². The molecule has 0 aliphatic heterocycles. The minimum atomic E-state index is -0.0298. The number of unbranched alkanes of at least 4 members (excludes halogenated alkanes) is 3. The maximum atomic E-state index is 5.36. The average molecular weight is 663 g/mol. The van der Waals surface area contributed by atoms with Gasteiger partial charge >= 0.3 is 0 Å². The molecule has 0 saturated carbocycles. The first-order valence-electron chi connectivity index (χ1n) is 18.6. The van der Waals surface area contributed by atoms with Crippen LogP contribution in [0.4, 0.5) is 0 Å². The summed E-state index contributed by atoms with van der Waals surface area (Å²) < 4.78 is 0. The lowest BCUT2D eigenvalue weighted by Crippen LogP contribution is -2.14. The summed E-state index contributed by atoms with van der Waals surface area (Å²) in [5, 5.41) is 1.08. The molecule has 0 amide bonds. The number of para-hydroxylation sites is 1. The lowest BCUT2D eigenvalue weighted by atomic mass is 9.82. The molecule has 1 heterocycles. The molecule has 7 aromatic rings. The minimum Gasteiger partial charge on any atom is -0.228 e. The average Bonchev–Trinajstić information content (AvgIpc) is 3.38. The normalized spacial score (nSPS) is 12.9. The zero-order valence-corrected chi connectivity index (χ0v) is 30.3. The van der Waals surface area contributed by atoms with Gasteiger partial charge in [0.1, 0.15) is 0 Å². The summed E-state index contributed by atoms with van der Waals surface area (Å²) in [6.45, 7) is 9.11. The van der Waals surface area contributed by atoms with Crippen molar-refractivity contribution >= 4 is 10.9 Å². The smallest absolute Gasteiger partial charge is 0.160 e. The monoisotopic (exact) mass is 662 g/mol. The van der Waals surface area contributed by atoms with Gasteiger partial charge in [-0.1, -0.05) is 148 Å². The third-order valence-corrected chi connectivity index (χ3v) is 11.0. The second kappa shape index (κ2) is 13.8. The number of aryl methyl sites for hydroxylation is 4. The summed E-state index contributed by atoms with van der Waals surface area (Å²) in [5.41, 5.74) is 17.4. The van der Waals surface area contributed by atoms with Gasteiger partial charge in [0.2, 0.25) is 0 Å². The molecule has 0 radical (unpaired) electrons. The van der Waals surface area contributed by atoms with E-state index in [9.17, 15) is 0 Å². The highest BCUT2D eigenvalue weighted by atomic mass is 14.9. The third-order valence-electron chi connectivity index (χ3n) is 11.0. The Labute approximate surface area is 303 Å². The molecule has 2 heteroatoms. The van der Waals surface area contributed by atoms with Gasteiger partial charge in [0.05, 0.1) is 11.2 Å². The SMILES string of the molecule is Cc1cc(-c2cccc(CCCCCCc3ccccc3)c2)cc(C)c1-c1nc(-c2ccc3c(c2)-c2ccccc2C3(C)C)nc2ccccc12. The van der Waals surface area contributed by atoms with Crippen LogP contribution in [0.3, 0.4) is 0 Å². The van der Waals surface area contributed by atoms with Gasteiger partial charge in [-0.15, -0.1) is 0 Å². The molecule has 0 spiro atoms. The fourth-order valence-corrected chi connectivity index (χ4v) is 8.32. The second-order valence-electron chi connectivity index (χ2n) is 14.9. The van der Waals surface area contributed by atoms with E-state index in [2.05, 4.69) is 161 Å². The van der Waals surface area contributed by atoms with Crippen LogP contribution < -0.4 is 0 Å². The van der Waals surface area contributed by atoms with Gasteiger partial charge in [0.25, 0.3) is 0 Å². The Morgan fingerprint density at radius 1 is 0.490 bits per heavy atom. The summed E-state index contributed by atoms with van der Waals surface area (Å²) in [6.07, 6.45) is 7.35. The molecule has 252 valence electrons. The van der Waals surface area contributed by atoms with Gasteiger partial charge in [-0.3, -0.25) is 0 Å². The Morgan fingerprint density at radius 2 is 1.16 bits per heavy atom. The van der Waals surface area contributed by atoms with Crippen molar-refractivity contribution in [2.75, 3.05) is 0 Å². The summed E-state index contributed by atoms with van der Waals surface area (Å²) >= 11 is 0. The molecular formula is C49H46N2. The summed E-state index contributed by atoms with van der Waals surface area (Å²) in [7, 11) is 0. The minimum absolute atomic E-state index is 0.0298. The van der Waals surface area contributed by atoms with Crippen molar-refractivity contribution in [2.45, 2.75) is 71.6 Å². The van der Waals surface area contributed by atoms with Crippen LogP contribution in [0.1, 0.15) is 72.9 Å². The van der Waals surface area contributed by atoms with E-state index < -0.39 is 0 Å². The standard InChI is InChI=1S/C49H46N2/c1-33-29-39(37-22-16-21-36(31-37)20-9-6-5-8-17-35-18-10-7-11-19-35)30-34(2)46(33)47-41-24-13-15-26-45(41)50-48(51-47)38-27-28-44-42(32-38)40-23-12-14-25-43(40)49(44,3)4/h7,10-16,18-19,21-32H,5-6,8-9,17,20H2,1-4H3. The predicted octanol–water partition coefficient (Wildman–Crippen LogP) is 12.9. The van der Waals surface area contributed by atoms with Crippen molar-refractivity contribution in [3.05, 3.63) is 167 Å². The van der Waals surface area contributed by atoms with E-state index in [4.69, 9.17) is 9.97 Å². The van der Waals surface area contributed by atoms with Crippen molar-refractivity contribution in [2.24, 2.45) is 0 Å². The van der Waals surface area contributed by atoms with Crippen molar-refractivity contribution in [3.63, 3.8) is 0 Å². The summed E-state index contributed by atoms with van der Waals surface area (Å²) in [4.78, 5) is 10.5. The fourth-order valence-electron chi connectivity index (χ4n) is 8.32. The highest BCUT2D eigenvalue weighted by molar-refractivity contribution is 5.96. The molecule has 1 aliphatic rings. The van der Waals surface area contributed by atoms with Crippen LogP contribution in [0.2, 0.25) is 0 Å². The van der Waals surface area contributed by atoms with Crippen molar-refractivity contribution in [1.29, 1.82) is 0 Å². The first kappa shape index (κ1) is 32.8. The Balaban J connectivity index is 1.07. The highest BCUT2D eigenvalue weighted by Crippen LogP contribution is 2.49. The molecular weight excluding hydrogens is 617 g/mol. The van der Waals surface area contributed by atoms with Gasteiger partial charge in [0.15, 0.2) is 5.82 Å². The van der Waals surface area contributed by atoms with Gasteiger partial charge in [-0.2, -0.15) is 0 Å². The maximum absolute atomic E-state index is 5.36. The van der Waals surface area contributed by atoms with E-state index in [0.29, 0.717) is 0 Å². The molecule has 0 unspecified atom stereocenters. The summed E-state index contributed by atoms with van der Waals surface area (Å²) in [6, 6.07) is 48.7. The van der Waals surface area contributed by atoms with Crippen LogP contribution >= 0.6 is 0 Å². The molecule has 0 fully saturated rings. The van der Waals surface area contributed by atoms with E-state index in [1.54, 1.807) is 0 Å². The molecule has 8 rings (SSSR count). The van der Waals surface area contributed by atoms with E-state index in [1.165, 1.54) is 93.3 Å². The highest BCUT2D eigenvalue weighted by Gasteiger charge is 2.35. The summed E-state index contributed by atoms with van der Waals surface area (Å²) in [5.74, 6) is 0.768. The molecule has 0 saturated heterocycles. The largest absolute Gasteiger partial charge is 0.228 e. The van der Waals surface area contributed by atoms with Crippen LogP contribution in [0, 0.1) is 13.8 Å². The van der Waals surface area contributed by atoms with E-state index in [1.807, 2.05) is 0 Å². The van der Waals surface area contributed by atoms with Crippen molar-refractivity contribution < 1.29 is 0 Å². The zero-order chi connectivity index (χ0) is 35.0. The van der Waals surface area contributed by atoms with Crippen molar-refractivity contribution in [3.8, 4) is 44.9 Å². The first-order valence-corrected chi connectivity index (χ1v) is 18.6. The second-order valence-corrected chi connectivity index (χ2v) is 14.9. The van der Waals surface area contributed by atoms with Crippen LogP contribution in [-0.4, -0.2) is 9.97 Å². The predicted molar refractivity (Wildman–Crippen MR) is 215 cm³/mol. The number of fused-ring (bicyclic) bond motifs is 4. The third kappa shape index (κ3) is 6.40. The van der Waals surface area contributed by atoms with Gasteiger partial charge in [-0.05, 0) is 107 Å². The van der Waals surface area contributed by atoms with Crippen LogP contribution in [0.25, 0.3) is 55.8 Å². The lowest BCUT2D eigenvalue weighted by molar-refractivity contribution is 0.640. The molecule has 0 atom stereocenters. The van der Waals surface area contributed by atoms with E-state index >= 15 is 0 Å². The quantitative estimate of drug-likeness (QED) is 0.136. The zero-order valence-electron chi connectivity index (χ0n) is 30.3. The molecule has 2 nitrogen and oxygen atoms in total. The van der Waals surface area contributed by atoms with Crippen LogP contribution in [-0.2, 0) is 18.3 Å². The molecule has 0 N–H and O–H groups in total. The topological polar surface area (TPSA) is 25.8 Å². The molecule has 0 bridgehead atoms. The van der Waals surface area contributed by atoms with E-state index in [0.717, 1.165) is 34.4 Å². The molecule has 6 aromatic carbocycles. The van der Waals surface area contributed by atoms with Crippen LogP contribution in [0.15, 0.2) is 133 Å². The first-order chi connectivity index (χ1) is 24.9. The molecule has 1 aliphatic carbocycles. The number of benzene rings is 6. The number of aromatic nitrogens is 2. The molecule has 1 aromatic heterocycles. The van der Waals surface area contributed by atoms with Gasteiger partial charge in [0, 0.05) is 21.9 Å². The Hall–Kier alpha value is -5.34. The van der Waals surface area contributed by atoms with Crippen molar-refractivity contribution in [1.82, 2.24) is 9.97 Å². The van der Waals surface area contributed by atoms with E-state index in [-0.39, 0.29) is 5.41 Å². The number of nitrogens with zero attached hydrogens (tertiary/aromatic N) is 2. The fraction of sp³-hybridized carbons (Fsp3) is 0.224. The Morgan fingerprint density at radius 3 is 1.96 bits per heavy atom. The van der Waals surface area contributed by atoms with Gasteiger partial charge < -0.3 is 0 Å². The molecule has 51 heavy (non-hydrogen) atoms. The number of hydrogen-bond acceptors (Lipinski definition) is 2. The lowest BCUT2D eigenvalue weighted by Gasteiger charge is -2.21. The number of hydrogen-bond donors (Lipinski definition) is 0. The Bertz CT molecular complexity index is 2340. The number of rotatable bonds is 10. The Kier molecular flexibility index (Phi) is 8.86.